The Kier molecular flexibility index (Phi) is 3.50. The second-order valence-electron chi connectivity index (χ2n) is 8.86. The van der Waals surface area contributed by atoms with Crippen molar-refractivity contribution in [2.75, 3.05) is 0 Å². The van der Waals surface area contributed by atoms with Gasteiger partial charge in [-0.05, 0) is 63.2 Å². The van der Waals surface area contributed by atoms with Crippen LogP contribution in [0.15, 0.2) is 11.1 Å². The van der Waals surface area contributed by atoms with Crippen LogP contribution in [-0.2, 0) is 0 Å². The second kappa shape index (κ2) is 4.82. The fourth-order valence-corrected chi connectivity index (χ4v) is 5.84. The van der Waals surface area contributed by atoms with Crippen molar-refractivity contribution in [3.63, 3.8) is 0 Å². The number of allylic oxidation sites excluding steroid dienone is 2. The van der Waals surface area contributed by atoms with Crippen LogP contribution in [0.1, 0.15) is 86.0 Å². The third kappa shape index (κ3) is 2.14. The minimum Gasteiger partial charge on any atom is -0.0736 e. The number of hydrogen-bond acceptors (Lipinski definition) is 0. The lowest BCUT2D eigenvalue weighted by atomic mass is 9.52. The van der Waals surface area contributed by atoms with Gasteiger partial charge in [0.2, 0.25) is 0 Å². The van der Waals surface area contributed by atoms with Crippen molar-refractivity contribution in [2.45, 2.75) is 86.0 Å². The van der Waals surface area contributed by atoms with Gasteiger partial charge in [0.15, 0.2) is 0 Å². The van der Waals surface area contributed by atoms with Crippen molar-refractivity contribution in [1.82, 2.24) is 0 Å². The minimum absolute atomic E-state index is 0.460. The summed E-state index contributed by atoms with van der Waals surface area (Å²) in [6.07, 6.45) is 11.4. The molecule has 2 saturated carbocycles. The van der Waals surface area contributed by atoms with Crippen molar-refractivity contribution in [3.05, 3.63) is 17.1 Å². The summed E-state index contributed by atoms with van der Waals surface area (Å²) in [7, 11) is 0. The van der Waals surface area contributed by atoms with Crippen LogP contribution in [0.3, 0.4) is 0 Å². The Morgan fingerprint density at radius 2 is 1.85 bits per heavy atom. The molecule has 3 aliphatic rings. The molecule has 0 unspecified atom stereocenters. The average Bonchev–Trinajstić information content (AvgIpc) is 2.35. The smallest absolute Gasteiger partial charge is 0.0736 e. The summed E-state index contributed by atoms with van der Waals surface area (Å²) >= 11 is 0. The minimum atomic E-state index is 0.460. The van der Waals surface area contributed by atoms with Crippen molar-refractivity contribution in [2.24, 2.45) is 22.7 Å². The molecule has 2 fully saturated rings. The molecule has 3 aliphatic carbocycles. The maximum absolute atomic E-state index is 2.60. The highest BCUT2D eigenvalue weighted by Crippen LogP contribution is 2.59. The van der Waals surface area contributed by atoms with Crippen LogP contribution >= 0.6 is 0 Å². The van der Waals surface area contributed by atoms with Gasteiger partial charge in [0, 0.05) is 5.41 Å². The molecule has 3 rings (SSSR count). The van der Waals surface area contributed by atoms with Gasteiger partial charge in [-0.3, -0.25) is 0 Å². The largest absolute Gasteiger partial charge is 0.106 e. The third-order valence-electron chi connectivity index (χ3n) is 7.40. The Morgan fingerprint density at radius 1 is 1.10 bits per heavy atom. The molecular formula is C20H33+. The molecule has 20 heavy (non-hydrogen) atoms. The van der Waals surface area contributed by atoms with E-state index < -0.39 is 0 Å². The Morgan fingerprint density at radius 3 is 2.60 bits per heavy atom. The van der Waals surface area contributed by atoms with Gasteiger partial charge in [0.05, 0.1) is 19.3 Å². The van der Waals surface area contributed by atoms with E-state index in [2.05, 4.69) is 34.6 Å². The quantitative estimate of drug-likeness (QED) is 0.357. The summed E-state index contributed by atoms with van der Waals surface area (Å²) < 4.78 is 0. The summed E-state index contributed by atoms with van der Waals surface area (Å²) in [5.41, 5.74) is 4.61. The van der Waals surface area contributed by atoms with E-state index in [1.165, 1.54) is 51.4 Å². The molecule has 0 nitrogen and oxygen atoms in total. The Hall–Kier alpha value is -0.390. The van der Waals surface area contributed by atoms with Gasteiger partial charge in [0.1, 0.15) is 5.92 Å². The predicted molar refractivity (Wildman–Crippen MR) is 87.4 cm³/mol. The van der Waals surface area contributed by atoms with Gasteiger partial charge in [-0.1, -0.05) is 31.9 Å². The molecular weight excluding hydrogens is 240 g/mol. The zero-order valence-corrected chi connectivity index (χ0v) is 14.3. The van der Waals surface area contributed by atoms with Gasteiger partial charge in [-0.25, -0.2) is 0 Å². The SMILES string of the molecule is CC1=C2CC[C@]3(C)CCC[C+](C)[C@H]3C[C@H](CC1)C2(C)C. The van der Waals surface area contributed by atoms with E-state index in [1.807, 2.05) is 11.5 Å². The maximum atomic E-state index is 2.60. The lowest BCUT2D eigenvalue weighted by Crippen LogP contribution is -2.43. The number of fused-ring (bicyclic) bond motifs is 3. The first-order valence-electron chi connectivity index (χ1n) is 8.86. The Balaban J connectivity index is 1.97. The van der Waals surface area contributed by atoms with Gasteiger partial charge >= 0.3 is 0 Å². The third-order valence-corrected chi connectivity index (χ3v) is 7.40. The number of hydrogen-bond donors (Lipinski definition) is 0. The predicted octanol–water partition coefficient (Wildman–Crippen LogP) is 6.32. The van der Waals surface area contributed by atoms with Crippen LogP contribution in [0.4, 0.5) is 0 Å². The van der Waals surface area contributed by atoms with Crippen LogP contribution in [-0.4, -0.2) is 0 Å². The van der Waals surface area contributed by atoms with E-state index >= 15 is 0 Å². The van der Waals surface area contributed by atoms with E-state index in [0.717, 1.165) is 11.8 Å². The first-order chi connectivity index (χ1) is 9.34. The zero-order valence-electron chi connectivity index (χ0n) is 14.3. The summed E-state index contributed by atoms with van der Waals surface area (Å²) in [5, 5.41) is 0. The van der Waals surface area contributed by atoms with Crippen LogP contribution < -0.4 is 0 Å². The number of rotatable bonds is 0. The van der Waals surface area contributed by atoms with Gasteiger partial charge in [0.25, 0.3) is 0 Å². The molecule has 0 N–H and O–H groups in total. The summed E-state index contributed by atoms with van der Waals surface area (Å²) in [6.45, 7) is 12.5. The Bertz CT molecular complexity index is 414. The first-order valence-corrected chi connectivity index (χ1v) is 8.86. The van der Waals surface area contributed by atoms with Crippen molar-refractivity contribution in [3.8, 4) is 0 Å². The van der Waals surface area contributed by atoms with Crippen LogP contribution in [0.2, 0.25) is 0 Å². The van der Waals surface area contributed by atoms with Crippen LogP contribution in [0, 0.1) is 28.6 Å². The maximum Gasteiger partial charge on any atom is 0.106 e. The van der Waals surface area contributed by atoms with Crippen LogP contribution in [0.5, 0.6) is 0 Å². The van der Waals surface area contributed by atoms with Crippen molar-refractivity contribution in [1.29, 1.82) is 0 Å². The molecule has 0 saturated heterocycles. The first kappa shape index (κ1) is 14.5. The molecule has 3 atom stereocenters. The van der Waals surface area contributed by atoms with E-state index in [-0.39, 0.29) is 0 Å². The van der Waals surface area contributed by atoms with E-state index in [4.69, 9.17) is 0 Å². The molecule has 0 heteroatoms. The summed E-state index contributed by atoms with van der Waals surface area (Å²) in [4.78, 5) is 0. The molecule has 0 spiro atoms. The molecule has 2 bridgehead atoms. The topological polar surface area (TPSA) is 0 Å². The summed E-state index contributed by atoms with van der Waals surface area (Å²) in [5.74, 6) is 3.64. The highest BCUT2D eigenvalue weighted by molar-refractivity contribution is 5.26. The lowest BCUT2D eigenvalue weighted by Gasteiger charge is -2.50. The van der Waals surface area contributed by atoms with Gasteiger partial charge < -0.3 is 0 Å². The van der Waals surface area contributed by atoms with Crippen molar-refractivity contribution < 1.29 is 0 Å². The normalized spacial score (nSPS) is 41.0. The van der Waals surface area contributed by atoms with E-state index in [9.17, 15) is 0 Å². The van der Waals surface area contributed by atoms with Gasteiger partial charge in [-0.15, -0.1) is 0 Å². The van der Waals surface area contributed by atoms with Gasteiger partial charge in [-0.2, -0.15) is 0 Å². The molecule has 0 heterocycles. The monoisotopic (exact) mass is 273 g/mol. The average molecular weight is 273 g/mol. The van der Waals surface area contributed by atoms with Crippen molar-refractivity contribution >= 4 is 0 Å². The molecule has 112 valence electrons. The standard InChI is InChI=1S/C20H33/c1-14-7-6-11-20(5)12-10-17-15(2)8-9-16(13-18(14)20)19(17,3)4/h16,18H,6-13H2,1-5H3/q+1/t16-,18+,20-/m0/s1. The lowest BCUT2D eigenvalue weighted by molar-refractivity contribution is 0.0538. The van der Waals surface area contributed by atoms with Crippen LogP contribution in [0.25, 0.3) is 0 Å². The van der Waals surface area contributed by atoms with E-state index in [1.54, 1.807) is 5.57 Å². The fraction of sp³-hybridized carbons (Fsp3) is 0.850. The Labute approximate surface area is 126 Å². The molecule has 0 radical (unpaired) electrons. The highest BCUT2D eigenvalue weighted by Gasteiger charge is 2.52. The molecule has 0 aliphatic heterocycles. The molecule has 0 aromatic carbocycles. The van der Waals surface area contributed by atoms with E-state index in [0.29, 0.717) is 10.8 Å². The molecule has 0 aromatic heterocycles. The molecule has 0 amide bonds. The summed E-state index contributed by atoms with van der Waals surface area (Å²) in [6, 6.07) is 0. The highest BCUT2D eigenvalue weighted by atomic mass is 14.5. The zero-order chi connectivity index (χ0) is 14.5. The fourth-order valence-electron chi connectivity index (χ4n) is 5.84. The second-order valence-corrected chi connectivity index (χ2v) is 8.86. The molecule has 0 aromatic rings.